The molecule has 55 heavy (non-hydrogen) atoms. The van der Waals surface area contributed by atoms with E-state index in [9.17, 15) is 19.2 Å². The summed E-state index contributed by atoms with van der Waals surface area (Å²) in [6, 6.07) is 32.8. The second-order valence-electron chi connectivity index (χ2n) is 12.1. The van der Waals surface area contributed by atoms with E-state index in [2.05, 4.69) is 0 Å². The maximum Gasteiger partial charge on any atom is 0.338 e. The van der Waals surface area contributed by atoms with Crippen LogP contribution in [-0.2, 0) is 37.9 Å². The van der Waals surface area contributed by atoms with Gasteiger partial charge in [0, 0.05) is 19.6 Å². The molecular weight excluding hydrogens is 710 g/mol. The quantitative estimate of drug-likeness (QED) is 0.0458. The Morgan fingerprint density at radius 1 is 0.509 bits per heavy atom. The Hall–Kier alpha value is -5.44. The van der Waals surface area contributed by atoms with E-state index in [-0.39, 0.29) is 43.1 Å². The van der Waals surface area contributed by atoms with Crippen LogP contribution >= 0.6 is 0 Å². The molecule has 4 rings (SSSR count). The molecule has 0 aliphatic heterocycles. The first-order valence-corrected chi connectivity index (χ1v) is 17.8. The van der Waals surface area contributed by atoms with Gasteiger partial charge in [0.1, 0.15) is 6.10 Å². The molecule has 13 heteroatoms. The van der Waals surface area contributed by atoms with E-state index in [4.69, 9.17) is 43.6 Å². The Morgan fingerprint density at radius 3 is 1.33 bits per heavy atom. The molecule has 0 aliphatic rings. The minimum absolute atomic E-state index is 0.0488. The number of rotatable bonds is 23. The Kier molecular flexibility index (Phi) is 18.0. The summed E-state index contributed by atoms with van der Waals surface area (Å²) in [6.07, 6.45) is -5.95. The lowest BCUT2D eigenvalue weighted by atomic mass is 9.95. The zero-order chi connectivity index (χ0) is 39.3. The zero-order valence-corrected chi connectivity index (χ0v) is 30.9. The van der Waals surface area contributed by atoms with Crippen molar-refractivity contribution >= 4 is 23.9 Å². The molecule has 0 aromatic heterocycles. The van der Waals surface area contributed by atoms with Crippen LogP contribution in [0.1, 0.15) is 48.4 Å². The summed E-state index contributed by atoms with van der Waals surface area (Å²) in [5.41, 5.74) is 6.30. The second kappa shape index (κ2) is 23.4. The van der Waals surface area contributed by atoms with E-state index in [0.717, 1.165) is 0 Å². The molecule has 0 saturated carbocycles. The maximum absolute atomic E-state index is 13.9. The van der Waals surface area contributed by atoms with Gasteiger partial charge < -0.3 is 43.6 Å². The van der Waals surface area contributed by atoms with E-state index >= 15 is 0 Å². The van der Waals surface area contributed by atoms with E-state index in [1.165, 1.54) is 7.11 Å². The molecule has 0 radical (unpaired) electrons. The molecule has 4 aromatic carbocycles. The summed E-state index contributed by atoms with van der Waals surface area (Å²) in [6.45, 7) is 2.76. The highest BCUT2D eigenvalue weighted by Gasteiger charge is 2.46. The Bertz CT molecular complexity index is 1730. The van der Waals surface area contributed by atoms with Crippen LogP contribution in [-0.4, -0.2) is 102 Å². The van der Waals surface area contributed by atoms with Crippen molar-refractivity contribution in [1.29, 1.82) is 0 Å². The van der Waals surface area contributed by atoms with Crippen LogP contribution in [0.25, 0.3) is 0 Å². The fourth-order valence-electron chi connectivity index (χ4n) is 5.29. The maximum atomic E-state index is 13.9. The van der Waals surface area contributed by atoms with Gasteiger partial charge in [-0.15, -0.1) is 0 Å². The van der Waals surface area contributed by atoms with Gasteiger partial charge in [-0.1, -0.05) is 79.7 Å². The molecule has 0 bridgehead atoms. The Morgan fingerprint density at radius 2 is 0.891 bits per heavy atom. The molecule has 0 heterocycles. The molecule has 13 nitrogen and oxygen atoms in total. The van der Waals surface area contributed by atoms with Crippen molar-refractivity contribution < 1.29 is 57.1 Å². The topological polar surface area (TPSA) is 168 Å². The third kappa shape index (κ3) is 13.7. The van der Waals surface area contributed by atoms with Gasteiger partial charge in [0.25, 0.3) is 0 Å². The third-order valence-electron chi connectivity index (χ3n) is 8.10. The van der Waals surface area contributed by atoms with E-state index in [1.54, 1.807) is 128 Å². The van der Waals surface area contributed by atoms with Gasteiger partial charge in [-0.2, -0.15) is 0 Å². The minimum Gasteiger partial charge on any atom is -0.462 e. The number of hydrogen-bond acceptors (Lipinski definition) is 13. The third-order valence-corrected chi connectivity index (χ3v) is 8.10. The molecule has 5 atom stereocenters. The predicted molar refractivity (Wildman–Crippen MR) is 200 cm³/mol. The highest BCUT2D eigenvalue weighted by atomic mass is 16.7. The molecule has 292 valence electrons. The van der Waals surface area contributed by atoms with Crippen LogP contribution < -0.4 is 5.73 Å². The monoisotopic (exact) mass is 757 g/mol. The van der Waals surface area contributed by atoms with Crippen molar-refractivity contribution in [3.05, 3.63) is 144 Å². The molecule has 0 amide bonds. The second-order valence-corrected chi connectivity index (χ2v) is 12.1. The lowest BCUT2D eigenvalue weighted by molar-refractivity contribution is -0.222. The molecular formula is C42H47NO12. The van der Waals surface area contributed by atoms with Crippen LogP contribution in [0.15, 0.2) is 121 Å². The van der Waals surface area contributed by atoms with Crippen molar-refractivity contribution in [2.24, 2.45) is 11.7 Å². The molecule has 0 spiro atoms. The number of nitrogens with two attached hydrogens (primary N) is 1. The average Bonchev–Trinajstić information content (AvgIpc) is 3.23. The molecule has 4 aromatic rings. The molecule has 2 N–H and O–H groups in total. The van der Waals surface area contributed by atoms with Crippen molar-refractivity contribution in [2.75, 3.05) is 53.3 Å². The average molecular weight is 758 g/mol. The number of methoxy groups -OCH3 is 1. The lowest BCUT2D eigenvalue weighted by Gasteiger charge is -2.37. The van der Waals surface area contributed by atoms with Gasteiger partial charge in [-0.3, -0.25) is 0 Å². The minimum atomic E-state index is -1.59. The summed E-state index contributed by atoms with van der Waals surface area (Å²) < 4.78 is 46.8. The van der Waals surface area contributed by atoms with Gasteiger partial charge >= 0.3 is 23.9 Å². The lowest BCUT2D eigenvalue weighted by Crippen LogP contribution is -2.54. The SMILES string of the molecule is CO[C@H](OCCOCCOCCN)C(OC(=O)c1ccccc1)C(OC(=O)c1ccccc1)[C@H](OC(=O)c1ccccc1)C(C)COC(=O)c1ccccc1. The summed E-state index contributed by atoms with van der Waals surface area (Å²) in [4.78, 5) is 54.4. The zero-order valence-electron chi connectivity index (χ0n) is 30.9. The van der Waals surface area contributed by atoms with Gasteiger partial charge in [-0.05, 0) is 48.5 Å². The molecule has 0 fully saturated rings. The van der Waals surface area contributed by atoms with Crippen LogP contribution in [0, 0.1) is 5.92 Å². The van der Waals surface area contributed by atoms with Gasteiger partial charge in [0.05, 0.1) is 61.9 Å². The van der Waals surface area contributed by atoms with Gasteiger partial charge in [0.2, 0.25) is 0 Å². The molecule has 0 saturated heterocycles. The fourth-order valence-corrected chi connectivity index (χ4v) is 5.29. The number of carbonyl (C=O) groups is 4. The highest BCUT2D eigenvalue weighted by Crippen LogP contribution is 2.27. The van der Waals surface area contributed by atoms with Crippen LogP contribution in [0.3, 0.4) is 0 Å². The van der Waals surface area contributed by atoms with E-state index in [1.807, 2.05) is 0 Å². The first-order chi connectivity index (χ1) is 26.8. The van der Waals surface area contributed by atoms with E-state index in [0.29, 0.717) is 25.3 Å². The largest absolute Gasteiger partial charge is 0.462 e. The smallest absolute Gasteiger partial charge is 0.338 e. The molecule has 3 unspecified atom stereocenters. The number of ether oxygens (including phenoxy) is 8. The fraction of sp³-hybridized carbons (Fsp3) is 0.333. The number of hydrogen-bond donors (Lipinski definition) is 1. The number of carbonyl (C=O) groups excluding carboxylic acids is 4. The Labute approximate surface area is 320 Å². The van der Waals surface area contributed by atoms with Crippen molar-refractivity contribution in [3.8, 4) is 0 Å². The number of benzene rings is 4. The van der Waals surface area contributed by atoms with Crippen molar-refractivity contribution in [1.82, 2.24) is 0 Å². The summed E-state index contributed by atoms with van der Waals surface area (Å²) in [7, 11) is 1.32. The summed E-state index contributed by atoms with van der Waals surface area (Å²) in [5, 5.41) is 0. The standard InChI is InChI=1S/C42H47NO12/c1-30(29-52-38(44)31-15-7-3-8-16-31)35(53-39(45)32-17-9-4-10-18-32)36(54-40(46)33-19-11-5-12-20-33)37(55-41(47)34-21-13-6-14-22-34)42(48-2)51-28-27-50-26-25-49-24-23-43/h3-22,30,35-37,42H,23-29,43H2,1-2H3/t30?,35-,36?,37?,42-/m1/s1. The Balaban J connectivity index is 1.73. The summed E-state index contributed by atoms with van der Waals surface area (Å²) in [5.74, 6) is -3.89. The first-order valence-electron chi connectivity index (χ1n) is 17.8. The van der Waals surface area contributed by atoms with Gasteiger partial charge in [0.15, 0.2) is 18.5 Å². The van der Waals surface area contributed by atoms with E-state index < -0.39 is 54.4 Å². The number of esters is 4. The van der Waals surface area contributed by atoms with Crippen LogP contribution in [0.5, 0.6) is 0 Å². The van der Waals surface area contributed by atoms with Crippen LogP contribution in [0.2, 0.25) is 0 Å². The highest BCUT2D eigenvalue weighted by molar-refractivity contribution is 5.91. The van der Waals surface area contributed by atoms with Gasteiger partial charge in [-0.25, -0.2) is 19.2 Å². The van der Waals surface area contributed by atoms with Crippen LogP contribution in [0.4, 0.5) is 0 Å². The van der Waals surface area contributed by atoms with Crippen molar-refractivity contribution in [2.45, 2.75) is 31.5 Å². The van der Waals surface area contributed by atoms with Crippen molar-refractivity contribution in [3.63, 3.8) is 0 Å². The predicted octanol–water partition coefficient (Wildman–Crippen LogP) is 5.14. The summed E-state index contributed by atoms with van der Waals surface area (Å²) >= 11 is 0. The normalized spacial score (nSPS) is 13.7. The molecule has 0 aliphatic carbocycles. The first kappa shape index (κ1) is 42.3.